The maximum atomic E-state index is 13.1. The van der Waals surface area contributed by atoms with E-state index in [-0.39, 0.29) is 23.1 Å². The van der Waals surface area contributed by atoms with Gasteiger partial charge >= 0.3 is 0 Å². The summed E-state index contributed by atoms with van der Waals surface area (Å²) in [5.74, 6) is -0.618. The van der Waals surface area contributed by atoms with Crippen LogP contribution in [0.3, 0.4) is 0 Å². The van der Waals surface area contributed by atoms with Gasteiger partial charge in [0, 0.05) is 5.39 Å². The summed E-state index contributed by atoms with van der Waals surface area (Å²) in [6, 6.07) is 8.68. The van der Waals surface area contributed by atoms with Gasteiger partial charge in [0.1, 0.15) is 17.1 Å². The number of ketones is 1. The number of pyridine rings is 1. The number of anilines is 1. The van der Waals surface area contributed by atoms with Crippen molar-refractivity contribution in [3.8, 4) is 0 Å². The molecule has 0 saturated carbocycles. The highest BCUT2D eigenvalue weighted by Gasteiger charge is 2.15. The molecule has 3 rings (SSSR count). The normalized spacial score (nSPS) is 10.8. The second-order valence-corrected chi connectivity index (χ2v) is 4.10. The molecule has 0 aliphatic heterocycles. The van der Waals surface area contributed by atoms with Crippen LogP contribution in [0.2, 0.25) is 0 Å². The van der Waals surface area contributed by atoms with Crippen molar-refractivity contribution in [1.29, 1.82) is 0 Å². The van der Waals surface area contributed by atoms with E-state index in [0.29, 0.717) is 16.7 Å². The molecule has 0 radical (unpaired) electrons. The van der Waals surface area contributed by atoms with Gasteiger partial charge in [-0.3, -0.25) is 9.78 Å². The number of fused-ring (bicyclic) bond motifs is 1. The molecular weight excluding hydrogens is 247 g/mol. The lowest BCUT2D eigenvalue weighted by Crippen LogP contribution is -2.02. The summed E-state index contributed by atoms with van der Waals surface area (Å²) in [5, 5.41) is 0.541. The lowest BCUT2D eigenvalue weighted by atomic mass is 10.2. The van der Waals surface area contributed by atoms with Gasteiger partial charge in [-0.1, -0.05) is 0 Å². The highest BCUT2D eigenvalue weighted by molar-refractivity contribution is 6.07. The van der Waals surface area contributed by atoms with E-state index in [9.17, 15) is 9.18 Å². The first-order valence-corrected chi connectivity index (χ1v) is 5.59. The first-order valence-electron chi connectivity index (χ1n) is 5.59. The number of rotatable bonds is 2. The Bertz CT molecular complexity index is 763. The van der Waals surface area contributed by atoms with Crippen molar-refractivity contribution in [3.63, 3.8) is 0 Å². The van der Waals surface area contributed by atoms with Crippen molar-refractivity contribution in [2.75, 3.05) is 5.73 Å². The molecule has 0 atom stereocenters. The summed E-state index contributed by atoms with van der Waals surface area (Å²) < 4.78 is 18.4. The van der Waals surface area contributed by atoms with Gasteiger partial charge in [-0.25, -0.2) is 4.39 Å². The molecule has 2 N–H and O–H groups in total. The Labute approximate surface area is 107 Å². The van der Waals surface area contributed by atoms with Gasteiger partial charge in [0.2, 0.25) is 5.78 Å². The lowest BCUT2D eigenvalue weighted by molar-refractivity contribution is 0.101. The Hall–Kier alpha value is -2.69. The number of nitrogens with zero attached hydrogens (tertiary/aromatic N) is 1. The Balaban J connectivity index is 2.04. The summed E-state index contributed by atoms with van der Waals surface area (Å²) in [5.41, 5.74) is 6.67. The third-order valence-electron chi connectivity index (χ3n) is 2.72. The standard InChI is InChI=1S/C14H9FN2O2/c15-9-1-4-12-8(5-9)6-13(19-12)14(18)11-3-2-10(16)7-17-11/h1-7H,16H2. The molecule has 19 heavy (non-hydrogen) atoms. The van der Waals surface area contributed by atoms with Crippen molar-refractivity contribution in [2.45, 2.75) is 0 Å². The van der Waals surface area contributed by atoms with E-state index < -0.39 is 0 Å². The van der Waals surface area contributed by atoms with Gasteiger partial charge in [-0.05, 0) is 36.4 Å². The number of carbonyl (C=O) groups is 1. The number of halogens is 1. The predicted octanol–water partition coefficient (Wildman–Crippen LogP) is 2.78. The van der Waals surface area contributed by atoms with Gasteiger partial charge in [-0.15, -0.1) is 0 Å². The van der Waals surface area contributed by atoms with Crippen molar-refractivity contribution in [2.24, 2.45) is 0 Å². The van der Waals surface area contributed by atoms with Crippen LogP contribution in [-0.2, 0) is 0 Å². The fraction of sp³-hybridized carbons (Fsp3) is 0. The molecule has 0 aliphatic carbocycles. The first-order chi connectivity index (χ1) is 9.13. The fourth-order valence-corrected chi connectivity index (χ4v) is 1.79. The second-order valence-electron chi connectivity index (χ2n) is 4.10. The maximum Gasteiger partial charge on any atom is 0.246 e. The van der Waals surface area contributed by atoms with E-state index in [1.165, 1.54) is 36.5 Å². The van der Waals surface area contributed by atoms with E-state index in [0.717, 1.165) is 0 Å². The number of aromatic nitrogens is 1. The molecule has 5 heteroatoms. The summed E-state index contributed by atoms with van der Waals surface area (Å²) in [7, 11) is 0. The van der Waals surface area contributed by atoms with Gasteiger partial charge in [0.15, 0.2) is 5.76 Å². The third-order valence-corrected chi connectivity index (χ3v) is 2.72. The van der Waals surface area contributed by atoms with Gasteiger partial charge in [0.25, 0.3) is 0 Å². The van der Waals surface area contributed by atoms with Crippen LogP contribution in [0, 0.1) is 5.82 Å². The summed E-state index contributed by atoms with van der Waals surface area (Å²) in [6.07, 6.45) is 1.40. The molecule has 0 spiro atoms. The Morgan fingerprint density at radius 2 is 2.05 bits per heavy atom. The minimum atomic E-state index is -0.377. The van der Waals surface area contributed by atoms with Crippen LogP contribution in [0.5, 0.6) is 0 Å². The Morgan fingerprint density at radius 1 is 1.21 bits per heavy atom. The van der Waals surface area contributed by atoms with Crippen LogP contribution in [0.15, 0.2) is 47.0 Å². The van der Waals surface area contributed by atoms with Crippen LogP contribution in [0.4, 0.5) is 10.1 Å². The first kappa shape index (κ1) is 11.4. The molecule has 0 bridgehead atoms. The SMILES string of the molecule is Nc1ccc(C(=O)c2cc3cc(F)ccc3o2)nc1. The molecule has 0 aliphatic rings. The average Bonchev–Trinajstić information content (AvgIpc) is 2.81. The highest BCUT2D eigenvalue weighted by Crippen LogP contribution is 2.22. The molecule has 94 valence electrons. The highest BCUT2D eigenvalue weighted by atomic mass is 19.1. The zero-order chi connectivity index (χ0) is 13.4. The van der Waals surface area contributed by atoms with E-state index in [1.807, 2.05) is 0 Å². The number of hydrogen-bond donors (Lipinski definition) is 1. The van der Waals surface area contributed by atoms with Crippen LogP contribution in [-0.4, -0.2) is 10.8 Å². The monoisotopic (exact) mass is 256 g/mol. The van der Waals surface area contributed by atoms with Gasteiger partial charge < -0.3 is 10.2 Å². The van der Waals surface area contributed by atoms with E-state index >= 15 is 0 Å². The molecular formula is C14H9FN2O2. The summed E-state index contributed by atoms with van der Waals surface area (Å²) in [4.78, 5) is 16.1. The average molecular weight is 256 g/mol. The van der Waals surface area contributed by atoms with E-state index in [4.69, 9.17) is 10.2 Å². The molecule has 1 aromatic carbocycles. The number of hydrogen-bond acceptors (Lipinski definition) is 4. The fourth-order valence-electron chi connectivity index (χ4n) is 1.79. The van der Waals surface area contributed by atoms with Crippen LogP contribution < -0.4 is 5.73 Å². The van der Waals surface area contributed by atoms with Crippen LogP contribution >= 0.6 is 0 Å². The molecule has 0 fully saturated rings. The van der Waals surface area contributed by atoms with Crippen molar-refractivity contribution in [3.05, 3.63) is 59.9 Å². The Morgan fingerprint density at radius 3 is 2.79 bits per heavy atom. The molecule has 0 unspecified atom stereocenters. The summed E-state index contributed by atoms with van der Waals surface area (Å²) in [6.45, 7) is 0. The molecule has 0 saturated heterocycles. The molecule has 4 nitrogen and oxygen atoms in total. The largest absolute Gasteiger partial charge is 0.453 e. The Kier molecular flexibility index (Phi) is 2.52. The minimum Gasteiger partial charge on any atom is -0.453 e. The third kappa shape index (κ3) is 2.06. The quantitative estimate of drug-likeness (QED) is 0.716. The van der Waals surface area contributed by atoms with E-state index in [2.05, 4.69) is 4.98 Å². The maximum absolute atomic E-state index is 13.1. The zero-order valence-corrected chi connectivity index (χ0v) is 9.76. The number of carbonyl (C=O) groups excluding carboxylic acids is 1. The molecule has 2 heterocycles. The van der Waals surface area contributed by atoms with Gasteiger partial charge in [0.05, 0.1) is 11.9 Å². The molecule has 3 aromatic rings. The lowest BCUT2D eigenvalue weighted by Gasteiger charge is -1.96. The van der Waals surface area contributed by atoms with E-state index in [1.54, 1.807) is 6.07 Å². The predicted molar refractivity (Wildman–Crippen MR) is 68.3 cm³/mol. The summed E-state index contributed by atoms with van der Waals surface area (Å²) >= 11 is 0. The van der Waals surface area contributed by atoms with Crippen LogP contribution in [0.1, 0.15) is 16.2 Å². The zero-order valence-electron chi connectivity index (χ0n) is 9.76. The molecule has 2 aromatic heterocycles. The molecule has 0 amide bonds. The van der Waals surface area contributed by atoms with Crippen molar-refractivity contribution in [1.82, 2.24) is 4.98 Å². The number of nitrogens with two attached hydrogens (primary N) is 1. The van der Waals surface area contributed by atoms with Crippen molar-refractivity contribution < 1.29 is 13.6 Å². The van der Waals surface area contributed by atoms with Crippen LogP contribution in [0.25, 0.3) is 11.0 Å². The van der Waals surface area contributed by atoms with Crippen molar-refractivity contribution >= 4 is 22.4 Å². The number of benzene rings is 1. The topological polar surface area (TPSA) is 69.1 Å². The van der Waals surface area contributed by atoms with Gasteiger partial charge in [-0.2, -0.15) is 0 Å². The smallest absolute Gasteiger partial charge is 0.246 e. The minimum absolute atomic E-state index is 0.123. The second kappa shape index (κ2) is 4.20. The number of nitrogen functional groups attached to an aromatic ring is 1. The number of furan rings is 1.